The van der Waals surface area contributed by atoms with E-state index in [-0.39, 0.29) is 18.3 Å². The molecule has 8 heteroatoms. The maximum atomic E-state index is 12.6. The van der Waals surface area contributed by atoms with E-state index in [9.17, 15) is 9.59 Å². The van der Waals surface area contributed by atoms with Crippen LogP contribution < -0.4 is 4.74 Å². The lowest BCUT2D eigenvalue weighted by molar-refractivity contribution is 0.0778. The van der Waals surface area contributed by atoms with Gasteiger partial charge in [0.05, 0.1) is 11.4 Å². The van der Waals surface area contributed by atoms with Gasteiger partial charge in [-0.25, -0.2) is 0 Å². The Bertz CT molecular complexity index is 985. The van der Waals surface area contributed by atoms with E-state index in [0.717, 1.165) is 17.0 Å². The van der Waals surface area contributed by atoms with Crippen LogP contribution in [0.3, 0.4) is 0 Å². The number of aryl methyl sites for hydroxylation is 2. The number of hydrogen-bond acceptors (Lipinski definition) is 5. The van der Waals surface area contributed by atoms with Crippen molar-refractivity contribution in [2.75, 3.05) is 7.05 Å². The zero-order valence-corrected chi connectivity index (χ0v) is 16.4. The molecule has 3 rings (SSSR count). The highest BCUT2D eigenvalue weighted by molar-refractivity contribution is 5.94. The monoisotopic (exact) mass is 381 g/mol. The fraction of sp³-hybridized carbons (Fsp3) is 0.300. The van der Waals surface area contributed by atoms with E-state index in [1.54, 1.807) is 42.3 Å². The van der Waals surface area contributed by atoms with Gasteiger partial charge in [-0.2, -0.15) is 10.2 Å². The average Bonchev–Trinajstić information content (AvgIpc) is 3.28. The molecule has 0 aliphatic heterocycles. The average molecular weight is 381 g/mol. The number of carbonyl (C=O) groups is 2. The first-order valence-corrected chi connectivity index (χ1v) is 8.89. The minimum absolute atomic E-state index is 0.0222. The summed E-state index contributed by atoms with van der Waals surface area (Å²) in [6, 6.07) is 8.64. The van der Waals surface area contributed by atoms with Crippen LogP contribution in [0.1, 0.15) is 50.4 Å². The van der Waals surface area contributed by atoms with E-state index in [4.69, 9.17) is 4.74 Å². The molecule has 0 unspecified atom stereocenters. The van der Waals surface area contributed by atoms with Gasteiger partial charge in [-0.15, -0.1) is 0 Å². The molecule has 2 N–H and O–H groups in total. The molecule has 0 spiro atoms. The lowest BCUT2D eigenvalue weighted by atomic mass is 10.1. The number of aromatic amines is 2. The third-order valence-corrected chi connectivity index (χ3v) is 4.51. The van der Waals surface area contributed by atoms with Crippen molar-refractivity contribution in [2.45, 2.75) is 33.9 Å². The van der Waals surface area contributed by atoms with Gasteiger partial charge in [0.1, 0.15) is 12.4 Å². The van der Waals surface area contributed by atoms with Gasteiger partial charge in [0.15, 0.2) is 11.5 Å². The number of rotatable bonds is 7. The lowest BCUT2D eigenvalue weighted by Gasteiger charge is -2.15. The van der Waals surface area contributed by atoms with Crippen molar-refractivity contribution < 1.29 is 14.3 Å². The minimum Gasteiger partial charge on any atom is -0.487 e. The first-order valence-electron chi connectivity index (χ1n) is 8.89. The van der Waals surface area contributed by atoms with Gasteiger partial charge in [-0.1, -0.05) is 12.1 Å². The molecule has 0 bridgehead atoms. The van der Waals surface area contributed by atoms with E-state index in [0.29, 0.717) is 29.2 Å². The number of aromatic nitrogens is 4. The predicted molar refractivity (Wildman–Crippen MR) is 103 cm³/mol. The van der Waals surface area contributed by atoms with Crippen molar-refractivity contribution in [1.29, 1.82) is 0 Å². The van der Waals surface area contributed by atoms with Crippen LogP contribution >= 0.6 is 0 Å². The number of hydrogen-bond donors (Lipinski definition) is 2. The maximum absolute atomic E-state index is 12.6. The highest BCUT2D eigenvalue weighted by Gasteiger charge is 2.18. The second kappa shape index (κ2) is 8.08. The molecule has 0 fully saturated rings. The van der Waals surface area contributed by atoms with Crippen LogP contribution in [-0.2, 0) is 13.2 Å². The Morgan fingerprint density at radius 1 is 1.14 bits per heavy atom. The van der Waals surface area contributed by atoms with Gasteiger partial charge in [0, 0.05) is 30.4 Å². The van der Waals surface area contributed by atoms with Crippen molar-refractivity contribution in [2.24, 2.45) is 0 Å². The topological polar surface area (TPSA) is 104 Å². The summed E-state index contributed by atoms with van der Waals surface area (Å²) in [5.74, 6) is 0.366. The van der Waals surface area contributed by atoms with Gasteiger partial charge in [-0.3, -0.25) is 19.8 Å². The van der Waals surface area contributed by atoms with Crippen LogP contribution in [0.4, 0.5) is 0 Å². The molecule has 0 atom stereocenters. The molecule has 146 valence electrons. The van der Waals surface area contributed by atoms with Crippen LogP contribution in [0.15, 0.2) is 30.3 Å². The summed E-state index contributed by atoms with van der Waals surface area (Å²) in [6.07, 6.45) is 0. The summed E-state index contributed by atoms with van der Waals surface area (Å²) >= 11 is 0. The number of amides is 1. The van der Waals surface area contributed by atoms with Gasteiger partial charge in [0.25, 0.3) is 5.91 Å². The fourth-order valence-corrected chi connectivity index (χ4v) is 2.82. The van der Waals surface area contributed by atoms with Crippen LogP contribution in [-0.4, -0.2) is 44.0 Å². The van der Waals surface area contributed by atoms with E-state index in [1.165, 1.54) is 6.92 Å². The zero-order valence-electron chi connectivity index (χ0n) is 16.4. The number of nitrogens with one attached hydrogen (secondary N) is 2. The minimum atomic E-state index is -0.193. The number of benzene rings is 1. The van der Waals surface area contributed by atoms with E-state index in [1.807, 2.05) is 13.8 Å². The molecule has 0 saturated carbocycles. The zero-order chi connectivity index (χ0) is 20.3. The molecule has 3 aromatic rings. The molecular formula is C20H23N5O3. The van der Waals surface area contributed by atoms with Crippen LogP contribution in [0, 0.1) is 13.8 Å². The van der Waals surface area contributed by atoms with Gasteiger partial charge in [-0.05, 0) is 39.0 Å². The Hall–Kier alpha value is -3.42. The number of ketones is 1. The summed E-state index contributed by atoms with van der Waals surface area (Å²) in [7, 11) is 1.73. The molecule has 28 heavy (non-hydrogen) atoms. The Labute approximate surface area is 162 Å². The molecule has 0 saturated heterocycles. The third kappa shape index (κ3) is 4.28. The molecule has 2 heterocycles. The van der Waals surface area contributed by atoms with Gasteiger partial charge < -0.3 is 9.64 Å². The molecule has 1 aromatic carbocycles. The number of carbonyl (C=O) groups excluding carboxylic acids is 2. The highest BCUT2D eigenvalue weighted by Crippen LogP contribution is 2.16. The second-order valence-corrected chi connectivity index (χ2v) is 6.72. The Morgan fingerprint density at radius 2 is 1.93 bits per heavy atom. The van der Waals surface area contributed by atoms with Crippen LogP contribution in [0.5, 0.6) is 5.75 Å². The summed E-state index contributed by atoms with van der Waals surface area (Å²) in [6.45, 7) is 6.00. The Kier molecular flexibility index (Phi) is 5.58. The summed E-state index contributed by atoms with van der Waals surface area (Å²) in [5, 5.41) is 14.0. The predicted octanol–water partition coefficient (Wildman–Crippen LogP) is 2.80. The fourth-order valence-electron chi connectivity index (χ4n) is 2.82. The Morgan fingerprint density at radius 3 is 2.61 bits per heavy atom. The molecular weight excluding hydrogens is 358 g/mol. The standard InChI is InChI=1S/C20H23N5O3/c1-12-18(13(2)22-21-12)10-25(4)20(27)19-9-16(23-24-19)11-28-17-7-5-6-15(8-17)14(3)26/h5-9H,10-11H2,1-4H3,(H,21,22)(H,23,24). The number of Topliss-reactive ketones (excluding diaryl/α,β-unsaturated/α-hetero) is 1. The summed E-state index contributed by atoms with van der Waals surface area (Å²) in [4.78, 5) is 25.7. The van der Waals surface area contributed by atoms with Crippen molar-refractivity contribution in [1.82, 2.24) is 25.3 Å². The number of nitrogens with zero attached hydrogens (tertiary/aromatic N) is 3. The first kappa shape index (κ1) is 19.3. The van der Waals surface area contributed by atoms with Gasteiger partial charge >= 0.3 is 0 Å². The molecule has 0 radical (unpaired) electrons. The van der Waals surface area contributed by atoms with Crippen molar-refractivity contribution in [3.8, 4) is 5.75 Å². The van der Waals surface area contributed by atoms with E-state index in [2.05, 4.69) is 20.4 Å². The van der Waals surface area contributed by atoms with Gasteiger partial charge in [0.2, 0.25) is 0 Å². The maximum Gasteiger partial charge on any atom is 0.274 e. The first-order chi connectivity index (χ1) is 13.3. The second-order valence-electron chi connectivity index (χ2n) is 6.72. The quantitative estimate of drug-likeness (QED) is 0.613. The normalized spacial score (nSPS) is 10.7. The van der Waals surface area contributed by atoms with Crippen molar-refractivity contribution in [3.63, 3.8) is 0 Å². The highest BCUT2D eigenvalue weighted by atomic mass is 16.5. The van der Waals surface area contributed by atoms with Crippen molar-refractivity contribution in [3.05, 3.63) is 64.2 Å². The molecule has 1 amide bonds. The van der Waals surface area contributed by atoms with E-state index >= 15 is 0 Å². The smallest absolute Gasteiger partial charge is 0.274 e. The molecule has 2 aromatic heterocycles. The SMILES string of the molecule is CC(=O)c1cccc(OCc2cc(C(=O)N(C)Cc3c(C)n[nH]c3C)n[nH]2)c1. The lowest BCUT2D eigenvalue weighted by Crippen LogP contribution is -2.27. The third-order valence-electron chi connectivity index (χ3n) is 4.51. The van der Waals surface area contributed by atoms with Crippen molar-refractivity contribution >= 4 is 11.7 Å². The summed E-state index contributed by atoms with van der Waals surface area (Å²) in [5.41, 5.74) is 4.39. The Balaban J connectivity index is 1.62. The molecule has 8 nitrogen and oxygen atoms in total. The largest absolute Gasteiger partial charge is 0.487 e. The van der Waals surface area contributed by atoms with Crippen LogP contribution in [0.25, 0.3) is 0 Å². The number of ether oxygens (including phenoxy) is 1. The number of H-pyrrole nitrogens is 2. The summed E-state index contributed by atoms with van der Waals surface area (Å²) < 4.78 is 5.69. The molecule has 0 aliphatic rings. The molecule has 0 aliphatic carbocycles. The van der Waals surface area contributed by atoms with E-state index < -0.39 is 0 Å². The van der Waals surface area contributed by atoms with Crippen LogP contribution in [0.2, 0.25) is 0 Å².